The highest BCUT2D eigenvalue weighted by molar-refractivity contribution is 7.80. The zero-order chi connectivity index (χ0) is 24.8. The Hall–Kier alpha value is -3.14. The lowest BCUT2D eigenvalue weighted by atomic mass is 10.0. The first-order valence-corrected chi connectivity index (χ1v) is 11.8. The van der Waals surface area contributed by atoms with E-state index in [-0.39, 0.29) is 11.7 Å². The zero-order valence-electron chi connectivity index (χ0n) is 19.0. The van der Waals surface area contributed by atoms with Crippen molar-refractivity contribution in [3.63, 3.8) is 0 Å². The van der Waals surface area contributed by atoms with Crippen LogP contribution in [0.15, 0.2) is 42.5 Å². The molecule has 7 nitrogen and oxygen atoms in total. The molecule has 10 heteroatoms. The van der Waals surface area contributed by atoms with Crippen molar-refractivity contribution < 1.29 is 23.8 Å². The second-order valence-electron chi connectivity index (χ2n) is 6.95. The van der Waals surface area contributed by atoms with Crippen LogP contribution < -0.4 is 20.1 Å². The summed E-state index contributed by atoms with van der Waals surface area (Å²) in [4.78, 5) is 26.3. The van der Waals surface area contributed by atoms with E-state index in [9.17, 15) is 9.59 Å². The highest BCUT2D eigenvalue weighted by Crippen LogP contribution is 2.42. The van der Waals surface area contributed by atoms with Crippen LogP contribution in [0.4, 0.5) is 5.00 Å². The number of anilines is 1. The Labute approximate surface area is 212 Å². The Bertz CT molecular complexity index is 1240. The number of amides is 1. The van der Waals surface area contributed by atoms with E-state index in [0.29, 0.717) is 38.2 Å². The number of carbonyl (C=O) groups is 2. The number of thiocarbonyl (C=S) groups is 1. The number of aryl methyl sites for hydroxylation is 1. The third kappa shape index (κ3) is 5.67. The van der Waals surface area contributed by atoms with E-state index in [2.05, 4.69) is 10.6 Å². The summed E-state index contributed by atoms with van der Waals surface area (Å²) in [5, 5.41) is 6.52. The predicted molar refractivity (Wildman–Crippen MR) is 139 cm³/mol. The lowest BCUT2D eigenvalue weighted by molar-refractivity contribution is 0.0529. The van der Waals surface area contributed by atoms with Crippen LogP contribution in [-0.4, -0.2) is 37.8 Å². The van der Waals surface area contributed by atoms with Crippen molar-refractivity contribution in [1.82, 2.24) is 5.32 Å². The molecule has 2 aromatic carbocycles. The first-order chi connectivity index (χ1) is 16.3. The van der Waals surface area contributed by atoms with Gasteiger partial charge in [-0.1, -0.05) is 23.7 Å². The van der Waals surface area contributed by atoms with Gasteiger partial charge in [-0.15, -0.1) is 11.3 Å². The molecule has 0 saturated heterocycles. The van der Waals surface area contributed by atoms with Gasteiger partial charge < -0.3 is 19.5 Å². The van der Waals surface area contributed by atoms with E-state index in [0.717, 1.165) is 10.4 Å². The Balaban J connectivity index is 1.96. The maximum absolute atomic E-state index is 13.0. The van der Waals surface area contributed by atoms with Gasteiger partial charge in [-0.05, 0) is 62.0 Å². The van der Waals surface area contributed by atoms with Crippen LogP contribution in [-0.2, 0) is 4.74 Å². The third-order valence-electron chi connectivity index (χ3n) is 4.78. The lowest BCUT2D eigenvalue weighted by Crippen LogP contribution is -2.34. The summed E-state index contributed by atoms with van der Waals surface area (Å²) in [7, 11) is 3.10. The number of benzene rings is 2. The van der Waals surface area contributed by atoms with Gasteiger partial charge in [0.05, 0.1) is 20.8 Å². The first kappa shape index (κ1) is 25.5. The van der Waals surface area contributed by atoms with E-state index in [1.165, 1.54) is 17.4 Å². The van der Waals surface area contributed by atoms with Crippen molar-refractivity contribution in [1.29, 1.82) is 0 Å². The summed E-state index contributed by atoms with van der Waals surface area (Å²) in [6, 6.07) is 11.9. The molecule has 2 N–H and O–H groups in total. The van der Waals surface area contributed by atoms with E-state index >= 15 is 0 Å². The number of hydrogen-bond donors (Lipinski definition) is 2. The number of thiophene rings is 1. The third-order valence-corrected chi connectivity index (χ3v) is 6.24. The SMILES string of the molecule is CCOC(=O)c1c(NC(=S)NC(=O)c2cccc(Cl)c2)sc(C)c1-c1ccc(OC)c(OC)c1. The van der Waals surface area contributed by atoms with Crippen LogP contribution in [0.3, 0.4) is 0 Å². The molecule has 1 amide bonds. The van der Waals surface area contributed by atoms with Gasteiger partial charge in [0.2, 0.25) is 0 Å². The van der Waals surface area contributed by atoms with Gasteiger partial charge in [-0.2, -0.15) is 0 Å². The molecule has 0 aliphatic carbocycles. The quantitative estimate of drug-likeness (QED) is 0.306. The fourth-order valence-corrected chi connectivity index (χ4v) is 4.83. The predicted octanol–water partition coefficient (Wildman–Crippen LogP) is 5.70. The molecule has 0 unspecified atom stereocenters. The zero-order valence-corrected chi connectivity index (χ0v) is 21.4. The number of nitrogens with one attached hydrogen (secondary N) is 2. The molecule has 0 radical (unpaired) electrons. The molecule has 1 heterocycles. The number of esters is 1. The topological polar surface area (TPSA) is 85.9 Å². The van der Waals surface area contributed by atoms with Crippen molar-refractivity contribution >= 4 is 57.1 Å². The Kier molecular flexibility index (Phi) is 8.49. The number of halogens is 1. The Morgan fingerprint density at radius 2 is 1.82 bits per heavy atom. The number of rotatable bonds is 7. The number of ether oxygens (including phenoxy) is 3. The minimum atomic E-state index is -0.511. The smallest absolute Gasteiger partial charge is 0.341 e. The summed E-state index contributed by atoms with van der Waals surface area (Å²) >= 11 is 12.6. The summed E-state index contributed by atoms with van der Waals surface area (Å²) in [6.45, 7) is 3.82. The van der Waals surface area contributed by atoms with Crippen molar-refractivity contribution in [3.8, 4) is 22.6 Å². The summed E-state index contributed by atoms with van der Waals surface area (Å²) < 4.78 is 16.1. The molecule has 3 aromatic rings. The Morgan fingerprint density at radius 3 is 2.47 bits per heavy atom. The minimum absolute atomic E-state index is 0.0376. The molecule has 3 rings (SSSR count). The molecule has 178 valence electrons. The molecule has 0 fully saturated rings. The van der Waals surface area contributed by atoms with Crippen molar-refractivity contribution in [3.05, 3.63) is 63.5 Å². The molecular weight excluding hydrogens is 496 g/mol. The van der Waals surface area contributed by atoms with Crippen LogP contribution in [0.2, 0.25) is 5.02 Å². The largest absolute Gasteiger partial charge is 0.493 e. The van der Waals surface area contributed by atoms with Crippen LogP contribution in [0.25, 0.3) is 11.1 Å². The normalized spacial score (nSPS) is 10.4. The van der Waals surface area contributed by atoms with Gasteiger partial charge in [-0.25, -0.2) is 4.79 Å². The molecule has 34 heavy (non-hydrogen) atoms. The first-order valence-electron chi connectivity index (χ1n) is 10.2. The van der Waals surface area contributed by atoms with Crippen LogP contribution in [0.1, 0.15) is 32.5 Å². The van der Waals surface area contributed by atoms with Crippen LogP contribution in [0.5, 0.6) is 11.5 Å². The van der Waals surface area contributed by atoms with Crippen molar-refractivity contribution in [2.75, 3.05) is 26.1 Å². The van der Waals surface area contributed by atoms with Gasteiger partial charge in [0.15, 0.2) is 16.6 Å². The van der Waals surface area contributed by atoms with Crippen LogP contribution in [0, 0.1) is 6.92 Å². The standard InChI is InChI=1S/C24H23ClN2O5S2/c1-5-32-23(29)20-19(14-9-10-17(30-3)18(12-14)31-4)13(2)34-22(20)27-24(33)26-21(28)15-7-6-8-16(25)11-15/h6-12H,5H2,1-4H3,(H2,26,27,28,33). The number of hydrogen-bond acceptors (Lipinski definition) is 7. The van der Waals surface area contributed by atoms with Gasteiger partial charge in [0, 0.05) is 21.0 Å². The van der Waals surface area contributed by atoms with Gasteiger partial charge in [-0.3, -0.25) is 10.1 Å². The average Bonchev–Trinajstić information content (AvgIpc) is 3.13. The summed E-state index contributed by atoms with van der Waals surface area (Å²) in [6.07, 6.45) is 0. The minimum Gasteiger partial charge on any atom is -0.493 e. The molecular formula is C24H23ClN2O5S2. The summed E-state index contributed by atoms with van der Waals surface area (Å²) in [5.74, 6) is 0.161. The van der Waals surface area contributed by atoms with Gasteiger partial charge in [0.25, 0.3) is 5.91 Å². The van der Waals surface area contributed by atoms with E-state index in [1.807, 2.05) is 13.0 Å². The second-order valence-corrected chi connectivity index (χ2v) is 9.02. The second kappa shape index (κ2) is 11.3. The maximum Gasteiger partial charge on any atom is 0.341 e. The molecule has 0 bridgehead atoms. The van der Waals surface area contributed by atoms with Crippen molar-refractivity contribution in [2.24, 2.45) is 0 Å². The molecule has 0 saturated carbocycles. The average molecular weight is 519 g/mol. The van der Waals surface area contributed by atoms with Gasteiger partial charge >= 0.3 is 5.97 Å². The summed E-state index contributed by atoms with van der Waals surface area (Å²) in [5.41, 5.74) is 2.10. The molecule has 0 aliphatic rings. The lowest BCUT2D eigenvalue weighted by Gasteiger charge is -2.13. The highest BCUT2D eigenvalue weighted by Gasteiger charge is 2.26. The fraction of sp³-hybridized carbons (Fsp3) is 0.208. The molecule has 1 aromatic heterocycles. The molecule has 0 spiro atoms. The highest BCUT2D eigenvalue weighted by atomic mass is 35.5. The number of methoxy groups -OCH3 is 2. The van der Waals surface area contributed by atoms with Gasteiger partial charge in [0.1, 0.15) is 10.6 Å². The monoisotopic (exact) mass is 518 g/mol. The van der Waals surface area contributed by atoms with Crippen molar-refractivity contribution in [2.45, 2.75) is 13.8 Å². The Morgan fingerprint density at radius 1 is 1.09 bits per heavy atom. The van der Waals surface area contributed by atoms with E-state index in [4.69, 9.17) is 38.0 Å². The molecule has 0 aliphatic heterocycles. The van der Waals surface area contributed by atoms with E-state index in [1.54, 1.807) is 51.5 Å². The fourth-order valence-electron chi connectivity index (χ4n) is 3.31. The maximum atomic E-state index is 13.0. The number of carbonyl (C=O) groups excluding carboxylic acids is 2. The molecule has 0 atom stereocenters. The van der Waals surface area contributed by atoms with Crippen LogP contribution >= 0.6 is 35.2 Å². The van der Waals surface area contributed by atoms with E-state index < -0.39 is 11.9 Å².